The maximum Gasteiger partial charge on any atom is 0.255 e. The standard InChI is InChI=1S/C58H68N10O8S2/c1-37(39-11-13-41(14-12-39)51-38(2)61-36-78-51)62-53(71)47-32-45(69)35-67(47)56(74)52(58(3,4)5)63-49(70)19-26-75-28-29-76-27-25-65-21-23-66(24-22-65)48-18-17-43(33-60-48)42-15-16-44-34-68(55(73)46(44)31-42)50(40-9-7-6-8-10-40)54(72)64-57-59-20-30-77-57/h6-18,20,30-31,33,36-37,45,47,50,52,69H,19,21-29,32,34-35H2,1-5H3,(H,62,71)(H,63,70)(H,59,64,72)/t37-,45+,47-,50?,52?/m0/s1. The number of nitrogens with one attached hydrogen (secondary N) is 3. The molecule has 18 nitrogen and oxygen atoms in total. The number of pyridine rings is 1. The molecule has 3 aliphatic rings. The largest absolute Gasteiger partial charge is 0.391 e. The molecule has 20 heteroatoms. The van der Waals surface area contributed by atoms with Gasteiger partial charge in [0.1, 0.15) is 23.9 Å². The summed E-state index contributed by atoms with van der Waals surface area (Å²) in [6.07, 6.45) is 2.73. The van der Waals surface area contributed by atoms with Crippen LogP contribution in [-0.4, -0.2) is 148 Å². The molecule has 410 valence electrons. The molecule has 2 fully saturated rings. The van der Waals surface area contributed by atoms with Crippen molar-refractivity contribution >= 4 is 63.2 Å². The van der Waals surface area contributed by atoms with Crippen molar-refractivity contribution in [2.24, 2.45) is 5.41 Å². The summed E-state index contributed by atoms with van der Waals surface area (Å²) in [6, 6.07) is 24.2. The number of nitrogens with zero attached hydrogens (tertiary/aromatic N) is 7. The van der Waals surface area contributed by atoms with Crippen LogP contribution in [0.5, 0.6) is 0 Å². The predicted octanol–water partition coefficient (Wildman–Crippen LogP) is 6.89. The number of anilines is 2. The fraction of sp³-hybridized carbons (Fsp3) is 0.414. The second kappa shape index (κ2) is 25.2. The van der Waals surface area contributed by atoms with Crippen molar-refractivity contribution in [2.75, 3.05) is 75.9 Å². The first-order valence-electron chi connectivity index (χ1n) is 26.5. The Hall–Kier alpha value is -6.94. The zero-order valence-electron chi connectivity index (χ0n) is 44.7. The van der Waals surface area contributed by atoms with Gasteiger partial charge in [0.05, 0.1) is 54.7 Å². The highest BCUT2D eigenvalue weighted by atomic mass is 32.1. The predicted molar refractivity (Wildman–Crippen MR) is 301 cm³/mol. The van der Waals surface area contributed by atoms with Crippen molar-refractivity contribution in [2.45, 2.75) is 84.3 Å². The number of rotatable bonds is 21. The van der Waals surface area contributed by atoms with E-state index in [1.807, 2.05) is 131 Å². The van der Waals surface area contributed by atoms with Crippen molar-refractivity contribution < 1.29 is 38.6 Å². The number of likely N-dealkylation sites (tertiary alicyclic amines) is 1. The monoisotopic (exact) mass is 1100 g/mol. The van der Waals surface area contributed by atoms with E-state index in [-0.39, 0.29) is 55.7 Å². The zero-order valence-corrected chi connectivity index (χ0v) is 46.4. The third kappa shape index (κ3) is 13.5. The second-order valence-corrected chi connectivity index (χ2v) is 22.8. The number of aromatic nitrogens is 3. The summed E-state index contributed by atoms with van der Waals surface area (Å²) >= 11 is 2.90. The van der Waals surface area contributed by atoms with E-state index < -0.39 is 35.6 Å². The van der Waals surface area contributed by atoms with Gasteiger partial charge in [0.2, 0.25) is 17.7 Å². The number of aliphatic hydroxyl groups excluding tert-OH is 1. The molecule has 0 radical (unpaired) electrons. The van der Waals surface area contributed by atoms with E-state index in [1.54, 1.807) is 27.8 Å². The first-order valence-corrected chi connectivity index (χ1v) is 28.2. The number of carbonyl (C=O) groups is 5. The number of carbonyl (C=O) groups excluding carboxylic acids is 5. The molecule has 6 heterocycles. The lowest BCUT2D eigenvalue weighted by atomic mass is 9.85. The fourth-order valence-corrected chi connectivity index (χ4v) is 11.5. The molecule has 2 unspecified atom stereocenters. The van der Waals surface area contributed by atoms with E-state index in [4.69, 9.17) is 14.5 Å². The van der Waals surface area contributed by atoms with Gasteiger partial charge in [0.25, 0.3) is 11.8 Å². The highest BCUT2D eigenvalue weighted by molar-refractivity contribution is 7.14. The van der Waals surface area contributed by atoms with Gasteiger partial charge in [0, 0.05) is 87.6 Å². The van der Waals surface area contributed by atoms with Gasteiger partial charge < -0.3 is 39.9 Å². The highest BCUT2D eigenvalue weighted by Gasteiger charge is 2.45. The first kappa shape index (κ1) is 55.8. The molecule has 3 aromatic carbocycles. The summed E-state index contributed by atoms with van der Waals surface area (Å²) in [7, 11) is 0. The minimum absolute atomic E-state index is 0.00907. The van der Waals surface area contributed by atoms with E-state index in [0.29, 0.717) is 37.1 Å². The number of hydrogen-bond donors (Lipinski definition) is 4. The smallest absolute Gasteiger partial charge is 0.255 e. The van der Waals surface area contributed by atoms with Crippen molar-refractivity contribution in [1.29, 1.82) is 0 Å². The average molecular weight is 1100 g/mol. The first-order chi connectivity index (χ1) is 37.6. The van der Waals surface area contributed by atoms with Crippen molar-refractivity contribution in [3.8, 4) is 21.6 Å². The molecular formula is C58H68N10O8S2. The van der Waals surface area contributed by atoms with Crippen molar-refractivity contribution in [1.82, 2.24) is 40.3 Å². The van der Waals surface area contributed by atoms with Crippen molar-refractivity contribution in [3.05, 3.63) is 136 Å². The Morgan fingerprint density at radius 3 is 2.23 bits per heavy atom. The molecule has 78 heavy (non-hydrogen) atoms. The van der Waals surface area contributed by atoms with E-state index in [2.05, 4.69) is 35.7 Å². The maximum atomic E-state index is 14.1. The highest BCUT2D eigenvalue weighted by Crippen LogP contribution is 2.36. The van der Waals surface area contributed by atoms with Gasteiger partial charge in [-0.25, -0.2) is 15.0 Å². The molecule has 3 aliphatic heterocycles. The van der Waals surface area contributed by atoms with Crippen molar-refractivity contribution in [3.63, 3.8) is 0 Å². The normalized spacial score (nSPS) is 17.9. The number of fused-ring (bicyclic) bond motifs is 1. The van der Waals surface area contributed by atoms with Gasteiger partial charge in [-0.1, -0.05) is 87.5 Å². The number of aliphatic hydroxyl groups is 1. The number of β-amino-alcohol motifs (C(OH)–C–C–N with tert-alkyl or cyclic N) is 1. The van der Waals surface area contributed by atoms with Crippen LogP contribution in [-0.2, 0) is 35.2 Å². The van der Waals surface area contributed by atoms with E-state index in [1.165, 1.54) is 16.2 Å². The molecule has 9 rings (SSSR count). The lowest BCUT2D eigenvalue weighted by molar-refractivity contribution is -0.144. The number of piperazine rings is 1. The summed E-state index contributed by atoms with van der Waals surface area (Å²) in [5.41, 5.74) is 7.97. The zero-order chi connectivity index (χ0) is 54.9. The fourth-order valence-electron chi connectivity index (χ4n) is 10.2. The number of benzene rings is 3. The third-order valence-electron chi connectivity index (χ3n) is 14.5. The summed E-state index contributed by atoms with van der Waals surface area (Å²) in [4.78, 5) is 90.7. The van der Waals surface area contributed by atoms with Crippen LogP contribution in [0.3, 0.4) is 0 Å². The number of amides is 5. The average Bonchev–Trinajstić information content (AvgIpc) is 4.46. The molecular weight excluding hydrogens is 1030 g/mol. The Balaban J connectivity index is 0.667. The SMILES string of the molecule is Cc1ncsc1-c1ccc([C@H](C)NC(=O)[C@@H]2C[C@@H](O)CN2C(=O)C(NC(=O)CCOCCOCCN2CCN(c3ccc(-c4ccc5c(c4)C(=O)N(C(C(=O)Nc4nccs4)c4ccccc4)C5)cn3)CC2)C(C)(C)C)cc1. The van der Waals surface area contributed by atoms with Gasteiger partial charge in [-0.05, 0) is 65.3 Å². The van der Waals surface area contributed by atoms with Crippen LogP contribution in [0.15, 0.2) is 108 Å². The van der Waals surface area contributed by atoms with Gasteiger partial charge >= 0.3 is 0 Å². The molecule has 0 spiro atoms. The molecule has 3 aromatic heterocycles. The van der Waals surface area contributed by atoms with E-state index in [0.717, 1.165) is 82.5 Å². The number of thiazole rings is 2. The topological polar surface area (TPSA) is 212 Å². The van der Waals surface area contributed by atoms with Gasteiger partial charge in [-0.3, -0.25) is 34.2 Å². The van der Waals surface area contributed by atoms with Crippen LogP contribution in [0.2, 0.25) is 0 Å². The molecule has 0 bridgehead atoms. The molecule has 4 N–H and O–H groups in total. The Morgan fingerprint density at radius 1 is 0.821 bits per heavy atom. The minimum Gasteiger partial charge on any atom is -0.391 e. The summed E-state index contributed by atoms with van der Waals surface area (Å²) in [5, 5.41) is 21.8. The van der Waals surface area contributed by atoms with Crippen LogP contribution in [0.4, 0.5) is 10.9 Å². The van der Waals surface area contributed by atoms with Crippen LogP contribution >= 0.6 is 22.7 Å². The molecule has 2 saturated heterocycles. The van der Waals surface area contributed by atoms with Gasteiger partial charge in [-0.2, -0.15) is 0 Å². The molecule has 6 aromatic rings. The minimum atomic E-state index is -0.935. The maximum absolute atomic E-state index is 14.1. The van der Waals surface area contributed by atoms with Crippen LogP contribution in [0.25, 0.3) is 21.6 Å². The second-order valence-electron chi connectivity index (χ2n) is 21.0. The lowest BCUT2D eigenvalue weighted by Crippen LogP contribution is -2.58. The third-order valence-corrected chi connectivity index (χ3v) is 16.2. The Morgan fingerprint density at radius 2 is 1.55 bits per heavy atom. The Labute approximate surface area is 463 Å². The van der Waals surface area contributed by atoms with Crippen LogP contribution < -0.4 is 20.9 Å². The Kier molecular flexibility index (Phi) is 18.1. The van der Waals surface area contributed by atoms with E-state index in [9.17, 15) is 29.1 Å². The number of aryl methyl sites for hydroxylation is 1. The summed E-state index contributed by atoms with van der Waals surface area (Å²) in [5.74, 6) is -0.771. The molecule has 0 aliphatic carbocycles. The molecule has 5 atom stereocenters. The lowest BCUT2D eigenvalue weighted by Gasteiger charge is -2.35. The number of hydrogen-bond acceptors (Lipinski definition) is 15. The number of ether oxygens (including phenoxy) is 2. The molecule has 5 amide bonds. The quantitative estimate of drug-likeness (QED) is 0.0542. The van der Waals surface area contributed by atoms with Gasteiger partial charge in [0.15, 0.2) is 5.13 Å². The van der Waals surface area contributed by atoms with E-state index >= 15 is 0 Å². The molecule has 0 saturated carbocycles. The van der Waals surface area contributed by atoms with Crippen LogP contribution in [0, 0.1) is 12.3 Å². The Bertz CT molecular complexity index is 3020. The van der Waals surface area contributed by atoms with Crippen LogP contribution in [0.1, 0.15) is 85.4 Å². The van der Waals surface area contributed by atoms with Gasteiger partial charge in [-0.15, -0.1) is 22.7 Å². The summed E-state index contributed by atoms with van der Waals surface area (Å²) < 4.78 is 11.6. The summed E-state index contributed by atoms with van der Waals surface area (Å²) in [6.45, 7) is 15.2.